The van der Waals surface area contributed by atoms with Crippen molar-refractivity contribution in [2.24, 2.45) is 5.92 Å². The molecule has 0 saturated heterocycles. The molecule has 0 fully saturated rings. The fourth-order valence-electron chi connectivity index (χ4n) is 1.49. The van der Waals surface area contributed by atoms with Crippen molar-refractivity contribution in [2.75, 3.05) is 0 Å². The van der Waals surface area contributed by atoms with Gasteiger partial charge in [-0.15, -0.1) is 0 Å². The standard InChI is InChI=1S/C12H14F3NO/c1-7(2)6-10(17)9-4-5-11(12(13,14)15)16-8(9)3/h4-5,7H,6H2,1-3H3. The number of pyridine rings is 1. The van der Waals surface area contributed by atoms with Crippen molar-refractivity contribution in [2.45, 2.75) is 33.4 Å². The van der Waals surface area contributed by atoms with Crippen LogP contribution in [0.15, 0.2) is 12.1 Å². The van der Waals surface area contributed by atoms with Crippen LogP contribution in [0.5, 0.6) is 0 Å². The van der Waals surface area contributed by atoms with Crippen LogP contribution in [0.1, 0.15) is 42.0 Å². The first-order chi connectivity index (χ1) is 7.71. The van der Waals surface area contributed by atoms with Gasteiger partial charge in [-0.25, -0.2) is 4.98 Å². The highest BCUT2D eigenvalue weighted by molar-refractivity contribution is 5.97. The van der Waals surface area contributed by atoms with Crippen molar-refractivity contribution in [3.05, 3.63) is 29.1 Å². The normalized spacial score (nSPS) is 11.9. The lowest BCUT2D eigenvalue weighted by Crippen LogP contribution is -2.12. The van der Waals surface area contributed by atoms with E-state index >= 15 is 0 Å². The molecule has 0 unspecified atom stereocenters. The minimum absolute atomic E-state index is 0.130. The molecule has 0 aromatic carbocycles. The van der Waals surface area contributed by atoms with Gasteiger partial charge in [0.1, 0.15) is 5.69 Å². The Hall–Kier alpha value is -1.39. The van der Waals surface area contributed by atoms with Gasteiger partial charge in [0.2, 0.25) is 0 Å². The van der Waals surface area contributed by atoms with E-state index < -0.39 is 11.9 Å². The molecular weight excluding hydrogens is 231 g/mol. The molecule has 0 amide bonds. The summed E-state index contributed by atoms with van der Waals surface area (Å²) in [7, 11) is 0. The van der Waals surface area contributed by atoms with Crippen LogP contribution in [0.25, 0.3) is 0 Å². The summed E-state index contributed by atoms with van der Waals surface area (Å²) in [6.07, 6.45) is -4.15. The topological polar surface area (TPSA) is 30.0 Å². The maximum atomic E-state index is 12.4. The number of Topliss-reactive ketones (excluding diaryl/α,β-unsaturated/α-hetero) is 1. The zero-order chi connectivity index (χ0) is 13.2. The highest BCUT2D eigenvalue weighted by Gasteiger charge is 2.32. The second-order valence-electron chi connectivity index (χ2n) is 4.35. The van der Waals surface area contributed by atoms with E-state index in [1.807, 2.05) is 13.8 Å². The number of hydrogen-bond acceptors (Lipinski definition) is 2. The Morgan fingerprint density at radius 1 is 1.35 bits per heavy atom. The molecule has 0 spiro atoms. The Labute approximate surface area is 97.9 Å². The quantitative estimate of drug-likeness (QED) is 0.761. The molecule has 0 atom stereocenters. The van der Waals surface area contributed by atoms with E-state index in [2.05, 4.69) is 4.98 Å². The number of aromatic nitrogens is 1. The number of aryl methyl sites for hydroxylation is 1. The highest BCUT2D eigenvalue weighted by atomic mass is 19.4. The molecule has 0 radical (unpaired) electrons. The first-order valence-corrected chi connectivity index (χ1v) is 5.30. The SMILES string of the molecule is Cc1nc(C(F)(F)F)ccc1C(=O)CC(C)C. The van der Waals surface area contributed by atoms with Crippen molar-refractivity contribution in [3.63, 3.8) is 0 Å². The van der Waals surface area contributed by atoms with Gasteiger partial charge < -0.3 is 0 Å². The van der Waals surface area contributed by atoms with Crippen molar-refractivity contribution in [3.8, 4) is 0 Å². The molecule has 2 nitrogen and oxygen atoms in total. The third-order valence-corrected chi connectivity index (χ3v) is 2.27. The number of nitrogens with zero attached hydrogens (tertiary/aromatic N) is 1. The fraction of sp³-hybridized carbons (Fsp3) is 0.500. The average Bonchev–Trinajstić information content (AvgIpc) is 2.14. The summed E-state index contributed by atoms with van der Waals surface area (Å²) in [4.78, 5) is 15.1. The van der Waals surface area contributed by atoms with Crippen molar-refractivity contribution < 1.29 is 18.0 Å². The Morgan fingerprint density at radius 3 is 2.35 bits per heavy atom. The Kier molecular flexibility index (Phi) is 3.91. The number of carbonyl (C=O) groups is 1. The maximum Gasteiger partial charge on any atom is 0.433 e. The zero-order valence-electron chi connectivity index (χ0n) is 9.93. The molecule has 1 rings (SSSR count). The molecule has 0 aliphatic rings. The molecule has 1 heterocycles. The molecule has 0 saturated carbocycles. The van der Waals surface area contributed by atoms with Gasteiger partial charge in [-0.3, -0.25) is 4.79 Å². The summed E-state index contributed by atoms with van der Waals surface area (Å²) in [5.74, 6) is 0.00270. The van der Waals surface area contributed by atoms with E-state index in [-0.39, 0.29) is 23.0 Å². The van der Waals surface area contributed by atoms with Gasteiger partial charge in [-0.2, -0.15) is 13.2 Å². The lowest BCUT2D eigenvalue weighted by molar-refractivity contribution is -0.141. The molecule has 1 aromatic rings. The number of rotatable bonds is 3. The maximum absolute atomic E-state index is 12.4. The molecule has 17 heavy (non-hydrogen) atoms. The van der Waals surface area contributed by atoms with Gasteiger partial charge in [-0.05, 0) is 25.0 Å². The van der Waals surface area contributed by atoms with Gasteiger partial charge in [0.05, 0.1) is 0 Å². The molecule has 5 heteroatoms. The summed E-state index contributed by atoms with van der Waals surface area (Å²) in [6.45, 7) is 5.18. The van der Waals surface area contributed by atoms with E-state index in [1.165, 1.54) is 13.0 Å². The second kappa shape index (κ2) is 4.85. The van der Waals surface area contributed by atoms with E-state index in [9.17, 15) is 18.0 Å². The Morgan fingerprint density at radius 2 is 1.94 bits per heavy atom. The minimum Gasteiger partial charge on any atom is -0.294 e. The predicted molar refractivity (Wildman–Crippen MR) is 57.8 cm³/mol. The predicted octanol–water partition coefficient (Wildman–Crippen LogP) is 3.64. The van der Waals surface area contributed by atoms with Crippen LogP contribution < -0.4 is 0 Å². The Balaban J connectivity index is 3.02. The molecule has 0 bridgehead atoms. The molecule has 1 aromatic heterocycles. The minimum atomic E-state index is -4.47. The molecular formula is C12H14F3NO. The van der Waals surface area contributed by atoms with Crippen LogP contribution in [-0.4, -0.2) is 10.8 Å². The van der Waals surface area contributed by atoms with Crippen molar-refractivity contribution in [1.82, 2.24) is 4.98 Å². The van der Waals surface area contributed by atoms with Crippen LogP contribution in [0.3, 0.4) is 0 Å². The summed E-state index contributed by atoms with van der Waals surface area (Å²) >= 11 is 0. The smallest absolute Gasteiger partial charge is 0.294 e. The number of hydrogen-bond donors (Lipinski definition) is 0. The van der Waals surface area contributed by atoms with Gasteiger partial charge >= 0.3 is 6.18 Å². The molecule has 0 aliphatic carbocycles. The molecule has 0 N–H and O–H groups in total. The number of ketones is 1. The average molecular weight is 245 g/mol. The summed E-state index contributed by atoms with van der Waals surface area (Å²) in [5, 5.41) is 0. The number of halogens is 3. The van der Waals surface area contributed by atoms with Crippen LogP contribution in [0, 0.1) is 12.8 Å². The lowest BCUT2D eigenvalue weighted by Gasteiger charge is -2.10. The molecule has 0 aliphatic heterocycles. The van der Waals surface area contributed by atoms with E-state index in [0.29, 0.717) is 6.42 Å². The number of alkyl halides is 3. The molecule has 94 valence electrons. The fourth-order valence-corrected chi connectivity index (χ4v) is 1.49. The monoisotopic (exact) mass is 245 g/mol. The van der Waals surface area contributed by atoms with Crippen LogP contribution in [0.2, 0.25) is 0 Å². The first kappa shape index (κ1) is 13.7. The third kappa shape index (κ3) is 3.54. The van der Waals surface area contributed by atoms with Crippen LogP contribution in [-0.2, 0) is 6.18 Å². The first-order valence-electron chi connectivity index (χ1n) is 5.30. The van der Waals surface area contributed by atoms with Gasteiger partial charge in [0, 0.05) is 17.7 Å². The van der Waals surface area contributed by atoms with Crippen LogP contribution in [0.4, 0.5) is 13.2 Å². The van der Waals surface area contributed by atoms with E-state index in [0.717, 1.165) is 6.07 Å². The van der Waals surface area contributed by atoms with Gasteiger partial charge in [-0.1, -0.05) is 13.8 Å². The second-order valence-corrected chi connectivity index (χ2v) is 4.35. The third-order valence-electron chi connectivity index (χ3n) is 2.27. The summed E-state index contributed by atoms with van der Waals surface area (Å²) < 4.78 is 37.1. The van der Waals surface area contributed by atoms with Crippen molar-refractivity contribution >= 4 is 5.78 Å². The van der Waals surface area contributed by atoms with Gasteiger partial charge in [0.15, 0.2) is 5.78 Å². The Bertz CT molecular complexity index is 424. The van der Waals surface area contributed by atoms with E-state index in [4.69, 9.17) is 0 Å². The summed E-state index contributed by atoms with van der Waals surface area (Å²) in [5.41, 5.74) is -0.562. The zero-order valence-corrected chi connectivity index (χ0v) is 9.93. The van der Waals surface area contributed by atoms with Gasteiger partial charge in [0.25, 0.3) is 0 Å². The van der Waals surface area contributed by atoms with Crippen molar-refractivity contribution in [1.29, 1.82) is 0 Å². The highest BCUT2D eigenvalue weighted by Crippen LogP contribution is 2.28. The number of carbonyl (C=O) groups excluding carboxylic acids is 1. The largest absolute Gasteiger partial charge is 0.433 e. The lowest BCUT2D eigenvalue weighted by atomic mass is 10.00. The van der Waals surface area contributed by atoms with Crippen LogP contribution >= 0.6 is 0 Å². The summed E-state index contributed by atoms with van der Waals surface area (Å²) in [6, 6.07) is 2.05. The van der Waals surface area contributed by atoms with E-state index in [1.54, 1.807) is 0 Å².